The van der Waals surface area contributed by atoms with E-state index in [2.05, 4.69) is 10.6 Å². The molecule has 0 aromatic heterocycles. The third-order valence-electron chi connectivity index (χ3n) is 8.76. The third-order valence-corrected chi connectivity index (χ3v) is 8.76. The number of primary amides is 1. The van der Waals surface area contributed by atoms with Gasteiger partial charge in [-0.15, -0.1) is 0 Å². The van der Waals surface area contributed by atoms with Crippen molar-refractivity contribution < 1.29 is 44.7 Å². The first-order valence-electron chi connectivity index (χ1n) is 13.0. The van der Waals surface area contributed by atoms with E-state index in [1.165, 1.54) is 25.1 Å². The highest BCUT2D eigenvalue weighted by Gasteiger charge is 2.68. The molecule has 0 spiro atoms. The number of nitrogens with one attached hydrogen (secondary N) is 2. The number of fused-ring (bicyclic) bond motifs is 3. The van der Waals surface area contributed by atoms with Crippen molar-refractivity contribution in [3.63, 3.8) is 0 Å². The Hall–Kier alpha value is -3.78. The van der Waals surface area contributed by atoms with Gasteiger partial charge in [-0.3, -0.25) is 24.1 Å². The number of ketones is 2. The van der Waals surface area contributed by atoms with Gasteiger partial charge in [0.15, 0.2) is 11.4 Å². The highest BCUT2D eigenvalue weighted by atomic mass is 16.4. The normalized spacial score (nSPS) is 33.5. The number of nitrogens with two attached hydrogens (primary N) is 1. The molecule has 1 aromatic carbocycles. The van der Waals surface area contributed by atoms with Crippen molar-refractivity contribution in [2.75, 3.05) is 26.0 Å². The van der Waals surface area contributed by atoms with Gasteiger partial charge in [0.25, 0.3) is 5.91 Å². The highest BCUT2D eigenvalue weighted by molar-refractivity contribution is 6.24. The molecule has 7 atom stereocenters. The van der Waals surface area contributed by atoms with Crippen LogP contribution in [-0.4, -0.2) is 98.2 Å². The summed E-state index contributed by atoms with van der Waals surface area (Å²) in [5.41, 5.74) is 0.999. The van der Waals surface area contributed by atoms with E-state index in [1.54, 1.807) is 13.0 Å². The molecule has 13 nitrogen and oxygen atoms in total. The average Bonchev–Trinajstić information content (AvgIpc) is 3.42. The van der Waals surface area contributed by atoms with E-state index in [0.717, 1.165) is 6.42 Å². The number of carbonyl (C=O) groups is 4. The van der Waals surface area contributed by atoms with Gasteiger partial charge in [0.2, 0.25) is 11.7 Å². The minimum atomic E-state index is -2.99. The summed E-state index contributed by atoms with van der Waals surface area (Å²) in [4.78, 5) is 53.3. The molecule has 2 fully saturated rings. The molecule has 0 bridgehead atoms. The molecule has 40 heavy (non-hydrogen) atoms. The van der Waals surface area contributed by atoms with Crippen LogP contribution in [0.1, 0.15) is 36.8 Å². The molecule has 1 saturated heterocycles. The van der Waals surface area contributed by atoms with Crippen LogP contribution >= 0.6 is 0 Å². The maximum Gasteiger partial charge on any atom is 0.255 e. The van der Waals surface area contributed by atoms with Crippen molar-refractivity contribution in [1.29, 1.82) is 0 Å². The van der Waals surface area contributed by atoms with Gasteiger partial charge in [0.05, 0.1) is 35.4 Å². The molecule has 3 aliphatic carbocycles. The average molecular weight is 557 g/mol. The zero-order valence-corrected chi connectivity index (χ0v) is 22.1. The molecule has 1 heterocycles. The lowest BCUT2D eigenvalue weighted by atomic mass is 9.54. The molecule has 1 aromatic rings. The Labute approximate surface area is 229 Å². The minimum Gasteiger partial charge on any atom is -0.508 e. The van der Waals surface area contributed by atoms with E-state index in [-0.39, 0.29) is 11.3 Å². The number of hydrogen-bond acceptors (Lipinski definition) is 11. The van der Waals surface area contributed by atoms with Crippen LogP contribution in [0.4, 0.5) is 5.69 Å². The number of carbonyl (C=O) groups excluding carboxylic acids is 4. The first-order chi connectivity index (χ1) is 18.7. The van der Waals surface area contributed by atoms with Crippen molar-refractivity contribution in [2.45, 2.75) is 49.5 Å². The van der Waals surface area contributed by atoms with Gasteiger partial charge in [-0.25, -0.2) is 0 Å². The summed E-state index contributed by atoms with van der Waals surface area (Å²) in [5, 5.41) is 62.5. The SMILES string of the molecule is CC1c2ccc(NC(=O)[C@@H]3CCCN3)c(O)c2C(O)=C2C(=O)[C@]3(O)C(O)=C(C(N)=O)C(=O)[C@@H](N(C)C)C3C(O)C21. The van der Waals surface area contributed by atoms with E-state index in [4.69, 9.17) is 5.73 Å². The summed E-state index contributed by atoms with van der Waals surface area (Å²) in [6.45, 7) is 2.31. The molecule has 1 aliphatic heterocycles. The quantitative estimate of drug-likeness (QED) is 0.169. The van der Waals surface area contributed by atoms with Gasteiger partial charge in [-0.05, 0) is 51.0 Å². The van der Waals surface area contributed by atoms with Crippen molar-refractivity contribution in [2.24, 2.45) is 17.6 Å². The molecule has 13 heteroatoms. The fraction of sp³-hybridized carbons (Fsp3) is 0.481. The lowest BCUT2D eigenvalue weighted by molar-refractivity contribution is -0.169. The number of nitrogens with zero attached hydrogens (tertiary/aromatic N) is 1. The van der Waals surface area contributed by atoms with Crippen LogP contribution < -0.4 is 16.4 Å². The Morgan fingerprint density at radius 1 is 1.18 bits per heavy atom. The maximum atomic E-state index is 14.0. The molecule has 0 radical (unpaired) electrons. The number of anilines is 1. The van der Waals surface area contributed by atoms with Crippen LogP contribution in [0.5, 0.6) is 5.75 Å². The second-order valence-corrected chi connectivity index (χ2v) is 11.1. The van der Waals surface area contributed by atoms with E-state index in [9.17, 15) is 44.7 Å². The Morgan fingerprint density at radius 3 is 2.42 bits per heavy atom. The minimum absolute atomic E-state index is 0.0228. The summed E-state index contributed by atoms with van der Waals surface area (Å²) in [6.07, 6.45) is -0.253. The van der Waals surface area contributed by atoms with Crippen LogP contribution in [-0.2, 0) is 19.2 Å². The number of benzene rings is 1. The van der Waals surface area contributed by atoms with Crippen molar-refractivity contribution >= 4 is 34.8 Å². The fourth-order valence-corrected chi connectivity index (χ4v) is 6.85. The largest absolute Gasteiger partial charge is 0.508 e. The zero-order chi connectivity index (χ0) is 29.4. The van der Waals surface area contributed by atoms with Gasteiger partial charge in [-0.2, -0.15) is 0 Å². The monoisotopic (exact) mass is 556 g/mol. The Morgan fingerprint density at radius 2 is 1.85 bits per heavy atom. The fourth-order valence-electron chi connectivity index (χ4n) is 6.85. The summed E-state index contributed by atoms with van der Waals surface area (Å²) < 4.78 is 0. The van der Waals surface area contributed by atoms with Gasteiger partial charge >= 0.3 is 0 Å². The number of phenols is 1. The Bertz CT molecular complexity index is 1410. The van der Waals surface area contributed by atoms with Crippen LogP contribution in [0.15, 0.2) is 29.0 Å². The Balaban J connectivity index is 1.68. The first-order valence-corrected chi connectivity index (χ1v) is 13.0. The summed E-state index contributed by atoms with van der Waals surface area (Å²) in [5.74, 6) is -10.1. The van der Waals surface area contributed by atoms with E-state index >= 15 is 0 Å². The second kappa shape index (κ2) is 9.41. The van der Waals surface area contributed by atoms with Gasteiger partial charge in [0.1, 0.15) is 22.8 Å². The molecular formula is C27H32N4O9. The third kappa shape index (κ3) is 3.61. The lowest BCUT2D eigenvalue weighted by Gasteiger charge is -2.53. The van der Waals surface area contributed by atoms with Gasteiger partial charge < -0.3 is 41.9 Å². The van der Waals surface area contributed by atoms with Crippen molar-refractivity contribution in [3.05, 3.63) is 40.2 Å². The summed E-state index contributed by atoms with van der Waals surface area (Å²) in [7, 11) is 2.89. The molecule has 9 N–H and O–H groups in total. The van der Waals surface area contributed by atoms with E-state index in [1.807, 2.05) is 0 Å². The Kier molecular flexibility index (Phi) is 6.53. The van der Waals surface area contributed by atoms with Gasteiger partial charge in [-0.1, -0.05) is 13.0 Å². The molecule has 214 valence electrons. The van der Waals surface area contributed by atoms with E-state index in [0.29, 0.717) is 18.5 Å². The molecule has 4 aliphatic rings. The van der Waals surface area contributed by atoms with Crippen LogP contribution in [0.25, 0.3) is 5.76 Å². The number of Topliss-reactive ketones (excluding diaryl/α,β-unsaturated/α-hetero) is 2. The van der Waals surface area contributed by atoms with E-state index < -0.39 is 93.3 Å². The van der Waals surface area contributed by atoms with Crippen LogP contribution in [0.3, 0.4) is 0 Å². The number of aromatic hydroxyl groups is 1. The van der Waals surface area contributed by atoms with Crippen molar-refractivity contribution in [3.8, 4) is 5.75 Å². The number of aliphatic hydroxyl groups is 4. The van der Waals surface area contributed by atoms with Crippen molar-refractivity contribution in [1.82, 2.24) is 10.2 Å². The maximum absolute atomic E-state index is 14.0. The summed E-state index contributed by atoms with van der Waals surface area (Å²) >= 11 is 0. The van der Waals surface area contributed by atoms with Crippen LogP contribution in [0, 0.1) is 11.8 Å². The highest BCUT2D eigenvalue weighted by Crippen LogP contribution is 2.56. The number of hydrogen-bond donors (Lipinski definition) is 8. The number of phenolic OH excluding ortho intramolecular Hbond substituents is 1. The number of likely N-dealkylation sites (N-methyl/N-ethyl adjacent to an activating group) is 1. The van der Waals surface area contributed by atoms with Gasteiger partial charge in [0, 0.05) is 11.5 Å². The number of amides is 2. The predicted octanol–water partition coefficient (Wildman–Crippen LogP) is -0.814. The number of aliphatic hydroxyl groups excluding tert-OH is 3. The lowest BCUT2D eigenvalue weighted by Crippen LogP contribution is -2.70. The molecular weight excluding hydrogens is 524 g/mol. The molecule has 2 amide bonds. The summed E-state index contributed by atoms with van der Waals surface area (Å²) in [6, 6.07) is 1.11. The smallest absolute Gasteiger partial charge is 0.255 e. The standard InChI is InChI=1S/C27H32N4O9/c1-9-10-6-7-11(30-26(39)12-5-4-8-29-12)19(32)14(10)20(33)15-13(9)21(34)17-18(31(2)3)22(35)16(25(28)38)24(37)27(17,40)23(15)36/h6-7,9,12-13,17-18,21,29,32-34,37,40H,4-5,8H2,1-3H3,(H2,28,38)(H,30,39)/t9?,12-,13?,17?,18-,21?,27-/m0/s1. The second-order valence-electron chi connectivity index (χ2n) is 11.1. The predicted molar refractivity (Wildman–Crippen MR) is 140 cm³/mol. The molecule has 5 rings (SSSR count). The van der Waals surface area contributed by atoms with Crippen LogP contribution in [0.2, 0.25) is 0 Å². The number of rotatable bonds is 4. The zero-order valence-electron chi connectivity index (χ0n) is 22.1. The molecule has 1 saturated carbocycles. The molecule has 4 unspecified atom stereocenters. The topological polar surface area (TPSA) is 223 Å². The first kappa shape index (κ1) is 27.8.